The number of aromatic nitrogens is 2. The molecule has 7 nitrogen and oxygen atoms in total. The van der Waals surface area contributed by atoms with Crippen LogP contribution < -0.4 is 22.3 Å². The van der Waals surface area contributed by atoms with E-state index >= 15 is 0 Å². The molecule has 1 amide bonds. The van der Waals surface area contributed by atoms with E-state index < -0.39 is 0 Å². The second-order valence-electron chi connectivity index (χ2n) is 4.61. The van der Waals surface area contributed by atoms with Crippen LogP contribution in [0.15, 0.2) is 42.5 Å². The first-order valence-corrected chi connectivity index (χ1v) is 6.56. The maximum Gasteiger partial charge on any atom is 0.222 e. The predicted molar refractivity (Wildman–Crippen MR) is 86.9 cm³/mol. The van der Waals surface area contributed by atoms with Gasteiger partial charge in [0.15, 0.2) is 5.82 Å². The number of anilines is 3. The Kier molecular flexibility index (Phi) is 3.55. The minimum absolute atomic E-state index is 0.149. The van der Waals surface area contributed by atoms with Crippen molar-refractivity contribution in [2.75, 3.05) is 16.5 Å². The maximum absolute atomic E-state index is 10.7. The van der Waals surface area contributed by atoms with Crippen molar-refractivity contribution in [3.05, 3.63) is 42.5 Å². The van der Waals surface area contributed by atoms with Gasteiger partial charge in [0, 0.05) is 16.6 Å². The zero-order valence-corrected chi connectivity index (χ0v) is 11.6. The van der Waals surface area contributed by atoms with E-state index in [1.54, 1.807) is 0 Å². The molecular formula is C15H14N6O. The van der Waals surface area contributed by atoms with Gasteiger partial charge in [-0.1, -0.05) is 24.3 Å². The molecule has 0 fully saturated rings. The molecule has 0 atom stereocenters. The van der Waals surface area contributed by atoms with Crippen LogP contribution in [-0.4, -0.2) is 16.4 Å². The molecule has 1 aromatic heterocycles. The number of nitrogens with zero attached hydrogens (tertiary/aromatic N) is 2. The lowest BCUT2D eigenvalue weighted by atomic mass is 10.0. The summed E-state index contributed by atoms with van der Waals surface area (Å²) >= 11 is 0. The number of nitrogen functional groups attached to an aromatic ring is 2. The number of carbonyl (C=O) groups is 1. The van der Waals surface area contributed by atoms with Gasteiger partial charge in [0.25, 0.3) is 0 Å². The highest BCUT2D eigenvalue weighted by Crippen LogP contribution is 2.31. The first kappa shape index (κ1) is 13.8. The second-order valence-corrected chi connectivity index (χ2v) is 4.61. The number of nitrogens with one attached hydrogen (secondary N) is 2. The lowest BCUT2D eigenvalue weighted by molar-refractivity contribution is -0.105. The topological polar surface area (TPSA) is 119 Å². The molecule has 1 heterocycles. The van der Waals surface area contributed by atoms with Gasteiger partial charge in [-0.3, -0.25) is 4.79 Å². The van der Waals surface area contributed by atoms with E-state index in [-0.39, 0.29) is 5.95 Å². The average molecular weight is 294 g/mol. The van der Waals surface area contributed by atoms with Crippen LogP contribution in [0.25, 0.3) is 22.0 Å². The fraction of sp³-hybridized carbons (Fsp3) is 0. The molecule has 0 bridgehead atoms. The molecular weight excluding hydrogens is 280 g/mol. The van der Waals surface area contributed by atoms with Gasteiger partial charge in [-0.15, -0.1) is 0 Å². The van der Waals surface area contributed by atoms with Crippen molar-refractivity contribution in [3.8, 4) is 11.1 Å². The molecule has 3 aromatic rings. The number of hydrogen-bond acceptors (Lipinski definition) is 6. The molecule has 2 aromatic carbocycles. The van der Waals surface area contributed by atoms with Crippen LogP contribution in [0.2, 0.25) is 0 Å². The summed E-state index contributed by atoms with van der Waals surface area (Å²) in [5, 5.41) is 3.43. The van der Waals surface area contributed by atoms with E-state index in [1.165, 1.54) is 0 Å². The van der Waals surface area contributed by atoms with E-state index in [2.05, 4.69) is 20.7 Å². The van der Waals surface area contributed by atoms with Crippen LogP contribution >= 0.6 is 0 Å². The summed E-state index contributed by atoms with van der Waals surface area (Å²) in [5.74, 6) is 6.10. The number of rotatable bonds is 4. The van der Waals surface area contributed by atoms with Gasteiger partial charge in [-0.2, -0.15) is 4.98 Å². The third-order valence-corrected chi connectivity index (χ3v) is 3.30. The minimum atomic E-state index is 0.149. The normalized spacial score (nSPS) is 10.4. The van der Waals surface area contributed by atoms with E-state index in [9.17, 15) is 4.79 Å². The summed E-state index contributed by atoms with van der Waals surface area (Å²) in [4.78, 5) is 19.0. The molecule has 6 N–H and O–H groups in total. The highest BCUT2D eigenvalue weighted by atomic mass is 16.1. The van der Waals surface area contributed by atoms with E-state index in [0.29, 0.717) is 17.7 Å². The van der Waals surface area contributed by atoms with Gasteiger partial charge in [-0.05, 0) is 23.8 Å². The number of para-hydroxylation sites is 1. The standard InChI is InChI=1S/C15H14N6O/c16-15-19-13-6-5-9(7-11(13)14(20-15)21-17)10-3-1-2-4-12(10)18-8-22/h1-8H,17H2,(H,18,22)(H3,16,19,20,21). The van der Waals surface area contributed by atoms with Crippen LogP contribution in [0.1, 0.15) is 0 Å². The van der Waals surface area contributed by atoms with Gasteiger partial charge in [0.1, 0.15) is 0 Å². The van der Waals surface area contributed by atoms with Crippen LogP contribution in [0.3, 0.4) is 0 Å². The zero-order chi connectivity index (χ0) is 15.5. The van der Waals surface area contributed by atoms with Gasteiger partial charge < -0.3 is 16.5 Å². The third kappa shape index (κ3) is 2.40. The highest BCUT2D eigenvalue weighted by molar-refractivity contribution is 5.95. The summed E-state index contributed by atoms with van der Waals surface area (Å²) in [5.41, 5.74) is 11.4. The molecule has 0 aliphatic rings. The number of amides is 1. The number of nitrogens with two attached hydrogens (primary N) is 2. The summed E-state index contributed by atoms with van der Waals surface area (Å²) in [6.45, 7) is 0. The molecule has 110 valence electrons. The van der Waals surface area contributed by atoms with Crippen molar-refractivity contribution in [1.82, 2.24) is 9.97 Å². The van der Waals surface area contributed by atoms with Crippen molar-refractivity contribution in [2.45, 2.75) is 0 Å². The number of benzene rings is 2. The Balaban J connectivity index is 2.21. The second kappa shape index (κ2) is 5.66. The summed E-state index contributed by atoms with van der Waals surface area (Å²) in [6, 6.07) is 13.1. The Morgan fingerprint density at radius 1 is 1.09 bits per heavy atom. The average Bonchev–Trinajstić information content (AvgIpc) is 2.54. The monoisotopic (exact) mass is 294 g/mol. The number of hydrazine groups is 1. The van der Waals surface area contributed by atoms with Crippen LogP contribution in [0, 0.1) is 0 Å². The molecule has 0 saturated carbocycles. The SMILES string of the molecule is NNc1nc(N)nc2ccc(-c3ccccc3NC=O)cc12. The predicted octanol–water partition coefficient (Wildman–Crippen LogP) is 1.73. The Morgan fingerprint density at radius 3 is 2.68 bits per heavy atom. The van der Waals surface area contributed by atoms with Gasteiger partial charge in [-0.25, -0.2) is 10.8 Å². The van der Waals surface area contributed by atoms with Crippen LogP contribution in [-0.2, 0) is 4.79 Å². The van der Waals surface area contributed by atoms with Crippen molar-refractivity contribution >= 4 is 34.8 Å². The Morgan fingerprint density at radius 2 is 1.91 bits per heavy atom. The lowest BCUT2D eigenvalue weighted by Gasteiger charge is -2.11. The van der Waals surface area contributed by atoms with Crippen molar-refractivity contribution in [1.29, 1.82) is 0 Å². The van der Waals surface area contributed by atoms with Crippen LogP contribution in [0.4, 0.5) is 17.5 Å². The molecule has 22 heavy (non-hydrogen) atoms. The molecule has 0 aliphatic carbocycles. The number of fused-ring (bicyclic) bond motifs is 1. The Hall–Kier alpha value is -3.19. The maximum atomic E-state index is 10.7. The van der Waals surface area contributed by atoms with Crippen molar-refractivity contribution in [2.24, 2.45) is 5.84 Å². The summed E-state index contributed by atoms with van der Waals surface area (Å²) < 4.78 is 0. The zero-order valence-electron chi connectivity index (χ0n) is 11.6. The number of carbonyl (C=O) groups excluding carboxylic acids is 1. The van der Waals surface area contributed by atoms with Crippen molar-refractivity contribution < 1.29 is 4.79 Å². The van der Waals surface area contributed by atoms with Gasteiger partial charge in [0.05, 0.1) is 5.52 Å². The summed E-state index contributed by atoms with van der Waals surface area (Å²) in [7, 11) is 0. The highest BCUT2D eigenvalue weighted by Gasteiger charge is 2.09. The van der Waals surface area contributed by atoms with E-state index in [4.69, 9.17) is 11.6 Å². The molecule has 0 unspecified atom stereocenters. The molecule has 0 radical (unpaired) electrons. The Bertz CT molecular complexity index is 849. The first-order chi connectivity index (χ1) is 10.7. The molecule has 7 heteroatoms. The fourth-order valence-corrected chi connectivity index (χ4v) is 2.35. The largest absolute Gasteiger partial charge is 0.368 e. The fourth-order valence-electron chi connectivity index (χ4n) is 2.35. The van der Waals surface area contributed by atoms with Gasteiger partial charge in [0.2, 0.25) is 12.4 Å². The molecule has 0 saturated heterocycles. The smallest absolute Gasteiger partial charge is 0.222 e. The summed E-state index contributed by atoms with van der Waals surface area (Å²) in [6.07, 6.45) is 0.649. The van der Waals surface area contributed by atoms with E-state index in [0.717, 1.165) is 22.2 Å². The molecule has 0 aliphatic heterocycles. The minimum Gasteiger partial charge on any atom is -0.368 e. The van der Waals surface area contributed by atoms with Crippen molar-refractivity contribution in [3.63, 3.8) is 0 Å². The van der Waals surface area contributed by atoms with Crippen LogP contribution in [0.5, 0.6) is 0 Å². The number of hydrogen-bond donors (Lipinski definition) is 4. The third-order valence-electron chi connectivity index (χ3n) is 3.30. The van der Waals surface area contributed by atoms with Gasteiger partial charge >= 0.3 is 0 Å². The molecule has 3 rings (SSSR count). The lowest BCUT2D eigenvalue weighted by Crippen LogP contribution is -2.11. The quantitative estimate of drug-likeness (QED) is 0.330. The Labute approximate surface area is 126 Å². The van der Waals surface area contributed by atoms with E-state index in [1.807, 2.05) is 42.5 Å². The first-order valence-electron chi connectivity index (χ1n) is 6.56. The molecule has 0 spiro atoms.